The molecule has 0 aliphatic carbocycles. The van der Waals surface area contributed by atoms with Gasteiger partial charge in [0.05, 0.1) is 33.1 Å². The third kappa shape index (κ3) is 10.2. The van der Waals surface area contributed by atoms with E-state index in [9.17, 15) is 0 Å². The molecule has 0 saturated carbocycles. The van der Waals surface area contributed by atoms with Gasteiger partial charge in [-0.05, 0) is 221 Å². The molecular weight excluding hydrogens is 1470 g/mol. The Morgan fingerprint density at radius 1 is 0.197 bits per heavy atom. The second-order valence-electron chi connectivity index (χ2n) is 33.0. The molecular formula is C114H72B2N6. The van der Waals surface area contributed by atoms with Crippen molar-refractivity contribution in [2.24, 2.45) is 0 Å². The third-order valence-corrected chi connectivity index (χ3v) is 26.4. The molecule has 0 spiro atoms. The van der Waals surface area contributed by atoms with E-state index in [2.05, 4.69) is 465 Å². The maximum Gasteiger partial charge on any atom is 0.316 e. The van der Waals surface area contributed by atoms with Crippen LogP contribution < -0.4 is 36.4 Å². The Morgan fingerprint density at radius 3 is 0.926 bits per heavy atom. The summed E-state index contributed by atoms with van der Waals surface area (Å²) in [6, 6.07) is 165. The Hall–Kier alpha value is -15.9. The normalized spacial score (nSPS) is 12.5. The maximum absolute atomic E-state index is 2.96. The lowest BCUT2D eigenvalue weighted by atomic mass is 9.32. The number of nitrogens with zero attached hydrogens (tertiary/aromatic N) is 6. The van der Waals surface area contributed by atoms with Gasteiger partial charge in [-0.1, -0.05) is 315 Å². The first-order valence-corrected chi connectivity index (χ1v) is 42.3. The van der Waals surface area contributed by atoms with Gasteiger partial charge in [0.2, 0.25) is 0 Å². The van der Waals surface area contributed by atoms with Crippen LogP contribution >= 0.6 is 0 Å². The van der Waals surface area contributed by atoms with Crippen LogP contribution in [0.4, 0.5) is 39.8 Å². The molecule has 4 aliphatic rings. The molecule has 0 bridgehead atoms. The van der Waals surface area contributed by atoms with Crippen LogP contribution in [-0.4, -0.2) is 27.4 Å². The molecule has 4 aliphatic heterocycles. The summed E-state index contributed by atoms with van der Waals surface area (Å²) in [5, 5.41) is 7.27. The fourth-order valence-electron chi connectivity index (χ4n) is 21.3. The highest BCUT2D eigenvalue weighted by Gasteiger charge is 2.54. The van der Waals surface area contributed by atoms with Crippen LogP contribution in [0.25, 0.3) is 171 Å². The highest BCUT2D eigenvalue weighted by Crippen LogP contribution is 2.57. The van der Waals surface area contributed by atoms with Crippen LogP contribution in [0.15, 0.2) is 437 Å². The molecule has 0 fully saturated rings. The van der Waals surface area contributed by atoms with Gasteiger partial charge in [-0.15, -0.1) is 0 Å². The first kappa shape index (κ1) is 68.2. The van der Waals surface area contributed by atoms with Crippen molar-refractivity contribution in [2.45, 2.75) is 0 Å². The molecule has 3 aromatic heterocycles. The molecule has 26 rings (SSSR count). The molecule has 0 atom stereocenters. The average Bonchev–Trinajstić information content (AvgIpc) is 1.32. The average molecular weight is 1550 g/mol. The Kier molecular flexibility index (Phi) is 15.0. The van der Waals surface area contributed by atoms with Crippen molar-refractivity contribution in [1.29, 1.82) is 0 Å². The van der Waals surface area contributed by atoms with Crippen LogP contribution in [0.2, 0.25) is 0 Å². The number of fused-ring (bicyclic) bond motifs is 18. The van der Waals surface area contributed by atoms with Gasteiger partial charge in [0.15, 0.2) is 0 Å². The van der Waals surface area contributed by atoms with Crippen molar-refractivity contribution in [3.05, 3.63) is 437 Å². The Labute approximate surface area is 707 Å². The minimum atomic E-state index is -0.328. The standard InChI is InChI=1S/C114H72B2N6/c1-8-30-73(31-9-1)79-54-58-86(59-55-79)117(88-64-81(75-34-12-3-13-35-75)62-82(65-88)76-36-14-4-15-37-76)90-68-97-99-72-98-94-46-24-25-51-103(94)119(85-42-20-7-21-43-85)113(98)108-100-69-91(118(87-60-56-80(57-61-87)74-32-10-2-11-33-74)89-66-83(77-38-16-5-17-39-77)63-84(67-89)78-40-18-6-19-41-78)71-107-110(100)116(102-50-29-48-96-93-45-23-27-53-105(93)121(107)112(96)102)122(114(99)108)115-101-49-28-47-95-92-44-22-26-52-104(92)120(111(95)101)106(70-90)109(97)115/h1-72H. The van der Waals surface area contributed by atoms with E-state index in [1.165, 1.54) is 115 Å². The third-order valence-electron chi connectivity index (χ3n) is 26.4. The van der Waals surface area contributed by atoms with Crippen molar-refractivity contribution >= 4 is 141 Å². The molecule has 564 valence electrons. The zero-order valence-electron chi connectivity index (χ0n) is 66.4. The quantitative estimate of drug-likeness (QED) is 0.108. The molecule has 0 radical (unpaired) electrons. The topological polar surface area (TPSA) is 24.5 Å². The van der Waals surface area contributed by atoms with E-state index >= 15 is 0 Å². The number of benzene rings is 19. The summed E-state index contributed by atoms with van der Waals surface area (Å²) in [6.07, 6.45) is 0. The van der Waals surface area contributed by atoms with Gasteiger partial charge in [0, 0.05) is 100 Å². The van der Waals surface area contributed by atoms with Crippen LogP contribution in [0.3, 0.4) is 0 Å². The summed E-state index contributed by atoms with van der Waals surface area (Å²) < 4.78 is 10.9. The van der Waals surface area contributed by atoms with E-state index in [1.54, 1.807) is 0 Å². The Bertz CT molecular complexity index is 7920. The molecule has 0 N–H and O–H groups in total. The Morgan fingerprint density at radius 2 is 0.516 bits per heavy atom. The van der Waals surface area contributed by atoms with Crippen molar-refractivity contribution < 1.29 is 0 Å². The van der Waals surface area contributed by atoms with E-state index in [-0.39, 0.29) is 13.7 Å². The maximum atomic E-state index is 2.96. The van der Waals surface area contributed by atoms with Crippen LogP contribution in [-0.2, 0) is 0 Å². The lowest BCUT2D eigenvalue weighted by Gasteiger charge is -2.51. The SMILES string of the molecule is c1ccc(-c2ccc(N(c3cc(-c4ccccc4)cc(-c4ccccc4)c3)c3cc4c5c(c3)-n3c6ccccc6c6cccc(c63)B5N3B5c6c(cc(N(c7ccc(-c8ccccc8)cc7)c7cc(-c8ccccc8)cc(-c8ccccc8)c7)cc6-n6c7ccccc7c7cccc5c76)-c5c3c-4cc3c4ccccc4n(-c4ccccc4)c53)cc2)cc1. The molecule has 0 saturated heterocycles. The summed E-state index contributed by atoms with van der Waals surface area (Å²) in [7, 11) is 0. The van der Waals surface area contributed by atoms with E-state index in [1.807, 2.05) is 0 Å². The zero-order valence-corrected chi connectivity index (χ0v) is 66.4. The second-order valence-corrected chi connectivity index (χ2v) is 33.0. The molecule has 0 amide bonds. The van der Waals surface area contributed by atoms with E-state index < -0.39 is 0 Å². The first-order chi connectivity index (χ1) is 60.5. The molecule has 19 aromatic carbocycles. The monoisotopic (exact) mass is 1550 g/mol. The highest BCUT2D eigenvalue weighted by atomic mass is 15.2. The van der Waals surface area contributed by atoms with E-state index in [0.29, 0.717) is 0 Å². The number of hydrogen-bond acceptors (Lipinski definition) is 3. The molecule has 7 heterocycles. The lowest BCUT2D eigenvalue weighted by molar-refractivity contribution is 1.16. The highest BCUT2D eigenvalue weighted by molar-refractivity contribution is 7.09. The van der Waals surface area contributed by atoms with Gasteiger partial charge in [0.25, 0.3) is 0 Å². The zero-order chi connectivity index (χ0) is 79.8. The minimum Gasteiger partial charge on any atom is -0.444 e. The number of anilines is 7. The molecule has 0 unspecified atom stereocenters. The van der Waals surface area contributed by atoms with Crippen LogP contribution in [0, 0.1) is 0 Å². The number of aromatic nitrogens is 3. The number of rotatable bonds is 13. The molecule has 122 heavy (non-hydrogen) atoms. The van der Waals surface area contributed by atoms with Crippen molar-refractivity contribution in [3.63, 3.8) is 0 Å². The smallest absolute Gasteiger partial charge is 0.316 e. The fourth-order valence-corrected chi connectivity index (χ4v) is 21.3. The lowest BCUT2D eigenvalue weighted by Crippen LogP contribution is -2.74. The van der Waals surface area contributed by atoms with Crippen molar-refractivity contribution in [1.82, 2.24) is 13.7 Å². The van der Waals surface area contributed by atoms with Gasteiger partial charge in [-0.25, -0.2) is 0 Å². The van der Waals surface area contributed by atoms with Crippen LogP contribution in [0.5, 0.6) is 0 Å². The first-order valence-electron chi connectivity index (χ1n) is 42.3. The fraction of sp³-hybridized carbons (Fsp3) is 0. The van der Waals surface area contributed by atoms with Gasteiger partial charge < -0.3 is 28.2 Å². The van der Waals surface area contributed by atoms with Crippen molar-refractivity contribution in [3.8, 4) is 106 Å². The predicted octanol–water partition coefficient (Wildman–Crippen LogP) is 26.9. The van der Waals surface area contributed by atoms with E-state index in [4.69, 9.17) is 0 Å². The molecule has 22 aromatic rings. The summed E-state index contributed by atoms with van der Waals surface area (Å²) in [4.78, 5) is 5.13. The Balaban J connectivity index is 0.833. The van der Waals surface area contributed by atoms with Gasteiger partial charge >= 0.3 is 13.7 Å². The van der Waals surface area contributed by atoms with Gasteiger partial charge in [-0.3, -0.25) is 0 Å². The largest absolute Gasteiger partial charge is 0.444 e. The summed E-state index contributed by atoms with van der Waals surface area (Å²) in [5.41, 5.74) is 41.5. The summed E-state index contributed by atoms with van der Waals surface area (Å²) in [5.74, 6) is 0. The predicted molar refractivity (Wildman–Crippen MR) is 515 cm³/mol. The van der Waals surface area contributed by atoms with Gasteiger partial charge in [-0.2, -0.15) is 0 Å². The minimum absolute atomic E-state index is 0.328. The summed E-state index contributed by atoms with van der Waals surface area (Å²) >= 11 is 0. The second kappa shape index (κ2) is 26.8. The molecule has 8 heteroatoms. The number of para-hydroxylation sites is 6. The summed E-state index contributed by atoms with van der Waals surface area (Å²) in [6.45, 7) is -0.655. The van der Waals surface area contributed by atoms with Crippen molar-refractivity contribution in [2.75, 3.05) is 14.5 Å². The van der Waals surface area contributed by atoms with Crippen LogP contribution in [0.1, 0.15) is 0 Å². The number of hydrogen-bond donors (Lipinski definition) is 0. The van der Waals surface area contributed by atoms with E-state index in [0.717, 1.165) is 118 Å². The van der Waals surface area contributed by atoms with Gasteiger partial charge in [0.1, 0.15) is 0 Å². The molecule has 6 nitrogen and oxygen atoms in total.